The Kier molecular flexibility index (Phi) is 3.94. The minimum absolute atomic E-state index is 0.211. The Labute approximate surface area is 155 Å². The fourth-order valence-electron chi connectivity index (χ4n) is 2.69. The number of aromatic nitrogens is 3. The fraction of sp³-hybridized carbons (Fsp3) is 0. The summed E-state index contributed by atoms with van der Waals surface area (Å²) in [5, 5.41) is 3.06. The zero-order valence-corrected chi connectivity index (χ0v) is 15.0. The van der Waals surface area contributed by atoms with E-state index in [1.54, 1.807) is 6.07 Å². The minimum atomic E-state index is -0.475. The molecule has 0 amide bonds. The summed E-state index contributed by atoms with van der Waals surface area (Å²) in [6.07, 6.45) is 1.53. The summed E-state index contributed by atoms with van der Waals surface area (Å²) in [5.41, 5.74) is 1.96. The molecule has 2 heterocycles. The second-order valence-electron chi connectivity index (χ2n) is 5.43. The summed E-state index contributed by atoms with van der Waals surface area (Å²) in [5.74, 6) is -0.475. The van der Waals surface area contributed by atoms with Crippen LogP contribution in [0, 0.1) is 5.82 Å². The van der Waals surface area contributed by atoms with E-state index in [4.69, 9.17) is 11.6 Å². The number of halogens is 3. The molecule has 0 radical (unpaired) electrons. The monoisotopic (exact) mass is 417 g/mol. The molecule has 4 rings (SSSR count). The number of rotatable bonds is 2. The predicted octanol–water partition coefficient (Wildman–Crippen LogP) is 4.91. The van der Waals surface area contributed by atoms with Crippen LogP contribution in [0.15, 0.2) is 64.0 Å². The molecule has 4 nitrogen and oxygen atoms in total. The molecule has 0 unspecified atom stereocenters. The number of hydrogen-bond donors (Lipinski definition) is 1. The topological polar surface area (TPSA) is 50.2 Å². The lowest BCUT2D eigenvalue weighted by molar-refractivity contribution is 0.631. The first-order valence-electron chi connectivity index (χ1n) is 7.36. The van der Waals surface area contributed by atoms with Gasteiger partial charge in [0.2, 0.25) is 0 Å². The van der Waals surface area contributed by atoms with E-state index in [0.29, 0.717) is 16.9 Å². The molecule has 25 heavy (non-hydrogen) atoms. The first kappa shape index (κ1) is 16.1. The maximum absolute atomic E-state index is 14.3. The van der Waals surface area contributed by atoms with E-state index in [9.17, 15) is 9.18 Å². The number of nitrogens with zero attached hydrogens (tertiary/aromatic N) is 2. The van der Waals surface area contributed by atoms with Gasteiger partial charge in [0.15, 0.2) is 5.65 Å². The number of benzene rings is 2. The van der Waals surface area contributed by atoms with Gasteiger partial charge in [-0.25, -0.2) is 13.9 Å². The van der Waals surface area contributed by atoms with Crippen LogP contribution in [0.5, 0.6) is 0 Å². The van der Waals surface area contributed by atoms with E-state index in [1.165, 1.54) is 28.9 Å². The van der Waals surface area contributed by atoms with Crippen molar-refractivity contribution in [3.63, 3.8) is 0 Å². The molecular weight excluding hydrogens is 409 g/mol. The summed E-state index contributed by atoms with van der Waals surface area (Å²) in [7, 11) is 0. The van der Waals surface area contributed by atoms with Crippen LogP contribution < -0.4 is 5.56 Å². The third-order valence-electron chi connectivity index (χ3n) is 3.87. The third kappa shape index (κ3) is 2.77. The van der Waals surface area contributed by atoms with Gasteiger partial charge in [0.05, 0.1) is 10.7 Å². The largest absolute Gasteiger partial charge is 0.296 e. The van der Waals surface area contributed by atoms with Crippen molar-refractivity contribution < 1.29 is 4.39 Å². The molecule has 2 aromatic carbocycles. The molecule has 0 saturated carbocycles. The lowest BCUT2D eigenvalue weighted by Crippen LogP contribution is -2.14. The highest BCUT2D eigenvalue weighted by Crippen LogP contribution is 2.33. The lowest BCUT2D eigenvalue weighted by atomic mass is 10.1. The Bertz CT molecular complexity index is 1130. The predicted molar refractivity (Wildman–Crippen MR) is 99.4 cm³/mol. The van der Waals surface area contributed by atoms with E-state index < -0.39 is 5.82 Å². The van der Waals surface area contributed by atoms with Crippen LogP contribution in [0.1, 0.15) is 0 Å². The number of hydrogen-bond acceptors (Lipinski definition) is 2. The molecule has 0 spiro atoms. The molecule has 0 saturated heterocycles. The quantitative estimate of drug-likeness (QED) is 0.503. The van der Waals surface area contributed by atoms with Gasteiger partial charge in [-0.3, -0.25) is 9.89 Å². The number of nitrogens with one attached hydrogen (secondary N) is 1. The standard InChI is InChI=1S/C18H10BrClFN3O/c19-11-6-4-10(5-7-11)15-8-16(25)24-18(23-15)12(9-22-24)17-13(20)2-1-3-14(17)21/h1-9,22H. The molecular formula is C18H10BrClFN3O. The highest BCUT2D eigenvalue weighted by atomic mass is 79.9. The van der Waals surface area contributed by atoms with Crippen LogP contribution >= 0.6 is 27.5 Å². The van der Waals surface area contributed by atoms with Crippen molar-refractivity contribution in [1.82, 2.24) is 14.6 Å². The van der Waals surface area contributed by atoms with Gasteiger partial charge in [-0.1, -0.05) is 45.7 Å². The zero-order valence-electron chi connectivity index (χ0n) is 12.6. The zero-order chi connectivity index (χ0) is 17.6. The van der Waals surface area contributed by atoms with Crippen LogP contribution in [0.2, 0.25) is 5.02 Å². The van der Waals surface area contributed by atoms with Crippen molar-refractivity contribution in [1.29, 1.82) is 0 Å². The Balaban J connectivity index is 1.99. The van der Waals surface area contributed by atoms with Gasteiger partial charge in [-0.15, -0.1) is 0 Å². The maximum atomic E-state index is 14.3. The van der Waals surface area contributed by atoms with Gasteiger partial charge in [0, 0.05) is 33.4 Å². The molecule has 124 valence electrons. The van der Waals surface area contributed by atoms with E-state index in [0.717, 1.165) is 10.0 Å². The van der Waals surface area contributed by atoms with Gasteiger partial charge < -0.3 is 0 Å². The second kappa shape index (κ2) is 6.13. The normalized spacial score (nSPS) is 11.2. The molecule has 1 N–H and O–H groups in total. The van der Waals surface area contributed by atoms with Gasteiger partial charge in [0.1, 0.15) is 5.82 Å². The molecule has 0 aliphatic carbocycles. The Hall–Kier alpha value is -2.44. The summed E-state index contributed by atoms with van der Waals surface area (Å²) < 4.78 is 16.5. The molecule has 2 aromatic heterocycles. The summed E-state index contributed by atoms with van der Waals surface area (Å²) in [6.45, 7) is 0. The summed E-state index contributed by atoms with van der Waals surface area (Å²) in [4.78, 5) is 17.0. The highest BCUT2D eigenvalue weighted by Gasteiger charge is 2.17. The Morgan fingerprint density at radius 1 is 1.16 bits per heavy atom. The van der Waals surface area contributed by atoms with Crippen molar-refractivity contribution >= 4 is 33.2 Å². The molecule has 0 fully saturated rings. The second-order valence-corrected chi connectivity index (χ2v) is 6.75. The van der Waals surface area contributed by atoms with Gasteiger partial charge in [0.25, 0.3) is 5.56 Å². The Morgan fingerprint density at radius 3 is 2.64 bits per heavy atom. The minimum Gasteiger partial charge on any atom is -0.296 e. The first-order valence-corrected chi connectivity index (χ1v) is 8.53. The van der Waals surface area contributed by atoms with Gasteiger partial charge in [-0.05, 0) is 24.3 Å². The lowest BCUT2D eigenvalue weighted by Gasteiger charge is -2.05. The van der Waals surface area contributed by atoms with Crippen LogP contribution in [-0.2, 0) is 0 Å². The van der Waals surface area contributed by atoms with Crippen molar-refractivity contribution in [2.24, 2.45) is 0 Å². The number of fused-ring (bicyclic) bond motifs is 1. The van der Waals surface area contributed by atoms with Crippen molar-refractivity contribution in [2.75, 3.05) is 0 Å². The Morgan fingerprint density at radius 2 is 1.92 bits per heavy atom. The maximum Gasteiger partial charge on any atom is 0.273 e. The number of H-pyrrole nitrogens is 1. The van der Waals surface area contributed by atoms with Crippen molar-refractivity contribution in [3.05, 3.63) is 80.4 Å². The van der Waals surface area contributed by atoms with Crippen LogP contribution in [0.4, 0.5) is 4.39 Å². The van der Waals surface area contributed by atoms with E-state index in [1.807, 2.05) is 24.3 Å². The van der Waals surface area contributed by atoms with E-state index in [2.05, 4.69) is 26.0 Å². The molecule has 0 aliphatic rings. The number of aromatic amines is 1. The smallest absolute Gasteiger partial charge is 0.273 e. The van der Waals surface area contributed by atoms with E-state index >= 15 is 0 Å². The highest BCUT2D eigenvalue weighted by molar-refractivity contribution is 9.10. The first-order chi connectivity index (χ1) is 12.0. The van der Waals surface area contributed by atoms with Crippen molar-refractivity contribution in [2.45, 2.75) is 0 Å². The summed E-state index contributed by atoms with van der Waals surface area (Å²) in [6, 6.07) is 13.3. The molecule has 0 atom stereocenters. The van der Waals surface area contributed by atoms with Crippen LogP contribution in [-0.4, -0.2) is 14.6 Å². The van der Waals surface area contributed by atoms with E-state index in [-0.39, 0.29) is 16.1 Å². The average molecular weight is 419 g/mol. The van der Waals surface area contributed by atoms with Crippen molar-refractivity contribution in [3.8, 4) is 22.4 Å². The van der Waals surface area contributed by atoms with Crippen LogP contribution in [0.25, 0.3) is 28.0 Å². The van der Waals surface area contributed by atoms with Gasteiger partial charge >= 0.3 is 0 Å². The molecule has 7 heteroatoms. The average Bonchev–Trinajstić information content (AvgIpc) is 3.00. The summed E-state index contributed by atoms with van der Waals surface area (Å²) >= 11 is 9.54. The molecule has 0 bridgehead atoms. The molecule has 0 aliphatic heterocycles. The molecule has 4 aromatic rings. The fourth-order valence-corrected chi connectivity index (χ4v) is 3.22. The van der Waals surface area contributed by atoms with Crippen LogP contribution in [0.3, 0.4) is 0 Å². The van der Waals surface area contributed by atoms with Gasteiger partial charge in [-0.2, -0.15) is 0 Å². The SMILES string of the molecule is O=c1cc(-c2ccc(Br)cc2)nc2c(-c3c(F)cccc3Cl)c[nH]n12. The third-order valence-corrected chi connectivity index (χ3v) is 4.71.